The van der Waals surface area contributed by atoms with E-state index in [2.05, 4.69) is 5.32 Å². The van der Waals surface area contributed by atoms with E-state index < -0.39 is 0 Å². The monoisotopic (exact) mass is 283 g/mol. The summed E-state index contributed by atoms with van der Waals surface area (Å²) in [7, 11) is 1.65. The van der Waals surface area contributed by atoms with Gasteiger partial charge in [0.1, 0.15) is 5.75 Å². The van der Waals surface area contributed by atoms with E-state index in [4.69, 9.17) is 4.74 Å². The highest BCUT2D eigenvalue weighted by molar-refractivity contribution is 5.76. The van der Waals surface area contributed by atoms with Gasteiger partial charge in [-0.1, -0.05) is 42.5 Å². The molecule has 0 heterocycles. The molecule has 2 aromatic rings. The fourth-order valence-corrected chi connectivity index (χ4v) is 2.19. The first kappa shape index (κ1) is 15.1. The summed E-state index contributed by atoms with van der Waals surface area (Å²) < 4.78 is 5.12. The van der Waals surface area contributed by atoms with Crippen LogP contribution in [0.25, 0.3) is 0 Å². The van der Waals surface area contributed by atoms with Gasteiger partial charge in [-0.05, 0) is 36.6 Å². The van der Waals surface area contributed by atoms with Gasteiger partial charge in [-0.3, -0.25) is 4.79 Å². The Hall–Kier alpha value is -2.29. The Morgan fingerprint density at radius 1 is 1.10 bits per heavy atom. The van der Waals surface area contributed by atoms with Gasteiger partial charge in [-0.25, -0.2) is 0 Å². The first-order chi connectivity index (χ1) is 10.2. The van der Waals surface area contributed by atoms with Crippen LogP contribution in [-0.2, 0) is 11.2 Å². The fourth-order valence-electron chi connectivity index (χ4n) is 2.19. The maximum atomic E-state index is 12.0. The van der Waals surface area contributed by atoms with Crippen molar-refractivity contribution in [1.82, 2.24) is 5.32 Å². The van der Waals surface area contributed by atoms with Gasteiger partial charge in [0.2, 0.25) is 5.91 Å². The van der Waals surface area contributed by atoms with Crippen molar-refractivity contribution in [1.29, 1.82) is 0 Å². The maximum absolute atomic E-state index is 12.0. The molecule has 0 saturated carbocycles. The van der Waals surface area contributed by atoms with Gasteiger partial charge in [0.15, 0.2) is 0 Å². The number of hydrogen-bond donors (Lipinski definition) is 1. The third-order valence-electron chi connectivity index (χ3n) is 3.48. The van der Waals surface area contributed by atoms with Crippen LogP contribution in [0.3, 0.4) is 0 Å². The normalized spacial score (nSPS) is 11.7. The minimum absolute atomic E-state index is 0.0366. The Morgan fingerprint density at radius 2 is 1.76 bits per heavy atom. The van der Waals surface area contributed by atoms with E-state index in [1.807, 2.05) is 61.5 Å². The average Bonchev–Trinajstić information content (AvgIpc) is 2.54. The SMILES string of the molecule is COc1ccc(CCC(=O)N[C@H](C)c2ccccc2)cc1. The first-order valence-corrected chi connectivity index (χ1v) is 7.16. The van der Waals surface area contributed by atoms with Crippen molar-refractivity contribution in [3.8, 4) is 5.75 Å². The number of aryl methyl sites for hydroxylation is 1. The molecule has 2 rings (SSSR count). The van der Waals surface area contributed by atoms with Crippen LogP contribution in [0.4, 0.5) is 0 Å². The Kier molecular flexibility index (Phi) is 5.38. The van der Waals surface area contributed by atoms with Crippen molar-refractivity contribution in [3.63, 3.8) is 0 Å². The fraction of sp³-hybridized carbons (Fsp3) is 0.278. The molecule has 2 aromatic carbocycles. The van der Waals surface area contributed by atoms with E-state index in [1.165, 1.54) is 0 Å². The van der Waals surface area contributed by atoms with Crippen LogP contribution in [0, 0.1) is 0 Å². The van der Waals surface area contributed by atoms with Crippen molar-refractivity contribution < 1.29 is 9.53 Å². The van der Waals surface area contributed by atoms with E-state index in [0.717, 1.165) is 23.3 Å². The Bertz CT molecular complexity index is 564. The Balaban J connectivity index is 1.81. The number of rotatable bonds is 6. The minimum atomic E-state index is 0.0366. The zero-order chi connectivity index (χ0) is 15.1. The van der Waals surface area contributed by atoms with Crippen LogP contribution in [-0.4, -0.2) is 13.0 Å². The number of hydrogen-bond acceptors (Lipinski definition) is 2. The molecule has 1 amide bonds. The zero-order valence-electron chi connectivity index (χ0n) is 12.5. The van der Waals surface area contributed by atoms with E-state index in [-0.39, 0.29) is 11.9 Å². The molecule has 1 N–H and O–H groups in total. The molecule has 0 aromatic heterocycles. The second-order valence-corrected chi connectivity index (χ2v) is 5.05. The summed E-state index contributed by atoms with van der Waals surface area (Å²) in [5.41, 5.74) is 2.26. The zero-order valence-corrected chi connectivity index (χ0v) is 12.5. The predicted molar refractivity (Wildman–Crippen MR) is 84.3 cm³/mol. The van der Waals surface area contributed by atoms with E-state index in [1.54, 1.807) is 7.11 Å². The van der Waals surface area contributed by atoms with Crippen LogP contribution in [0.15, 0.2) is 54.6 Å². The van der Waals surface area contributed by atoms with Crippen LogP contribution in [0.5, 0.6) is 5.75 Å². The molecule has 0 spiro atoms. The molecule has 0 aliphatic rings. The third-order valence-corrected chi connectivity index (χ3v) is 3.48. The number of methoxy groups -OCH3 is 1. The van der Waals surface area contributed by atoms with Crippen molar-refractivity contribution in [2.45, 2.75) is 25.8 Å². The standard InChI is InChI=1S/C18H21NO2/c1-14(16-6-4-3-5-7-16)19-18(20)13-10-15-8-11-17(21-2)12-9-15/h3-9,11-12,14H,10,13H2,1-2H3,(H,19,20)/t14-/m1/s1. The molecule has 3 heteroatoms. The lowest BCUT2D eigenvalue weighted by Crippen LogP contribution is -2.26. The topological polar surface area (TPSA) is 38.3 Å². The van der Waals surface area contributed by atoms with Crippen LogP contribution < -0.4 is 10.1 Å². The minimum Gasteiger partial charge on any atom is -0.497 e. The summed E-state index contributed by atoms with van der Waals surface area (Å²) in [6.07, 6.45) is 1.22. The molecule has 0 aliphatic heterocycles. The summed E-state index contributed by atoms with van der Waals surface area (Å²) in [5.74, 6) is 0.906. The van der Waals surface area contributed by atoms with Gasteiger partial charge in [0.25, 0.3) is 0 Å². The predicted octanol–water partition coefficient (Wildman–Crippen LogP) is 3.51. The van der Waals surface area contributed by atoms with Crippen molar-refractivity contribution in [2.24, 2.45) is 0 Å². The molecule has 0 aliphatic carbocycles. The summed E-state index contributed by atoms with van der Waals surface area (Å²) in [5, 5.41) is 3.03. The van der Waals surface area contributed by atoms with Crippen molar-refractivity contribution in [2.75, 3.05) is 7.11 Å². The van der Waals surface area contributed by atoms with Crippen molar-refractivity contribution in [3.05, 3.63) is 65.7 Å². The summed E-state index contributed by atoms with van der Waals surface area (Å²) in [6.45, 7) is 2.00. The lowest BCUT2D eigenvalue weighted by molar-refractivity contribution is -0.121. The molecule has 3 nitrogen and oxygen atoms in total. The number of carbonyl (C=O) groups excluding carboxylic acids is 1. The first-order valence-electron chi connectivity index (χ1n) is 7.16. The van der Waals surface area contributed by atoms with Gasteiger partial charge in [-0.15, -0.1) is 0 Å². The number of benzene rings is 2. The largest absolute Gasteiger partial charge is 0.497 e. The second kappa shape index (κ2) is 7.48. The highest BCUT2D eigenvalue weighted by atomic mass is 16.5. The smallest absolute Gasteiger partial charge is 0.220 e. The van der Waals surface area contributed by atoms with Gasteiger partial charge in [0, 0.05) is 6.42 Å². The number of ether oxygens (including phenoxy) is 1. The van der Waals surface area contributed by atoms with Crippen LogP contribution in [0.2, 0.25) is 0 Å². The molecule has 0 bridgehead atoms. The molecule has 0 radical (unpaired) electrons. The van der Waals surface area contributed by atoms with E-state index in [9.17, 15) is 4.79 Å². The lowest BCUT2D eigenvalue weighted by Gasteiger charge is -2.14. The Morgan fingerprint density at radius 3 is 2.38 bits per heavy atom. The molecule has 1 atom stereocenters. The van der Waals surface area contributed by atoms with Gasteiger partial charge in [-0.2, -0.15) is 0 Å². The molecule has 0 fully saturated rings. The van der Waals surface area contributed by atoms with Crippen LogP contribution >= 0.6 is 0 Å². The van der Waals surface area contributed by atoms with Gasteiger partial charge < -0.3 is 10.1 Å². The van der Waals surface area contributed by atoms with Crippen LogP contribution in [0.1, 0.15) is 30.5 Å². The molecular formula is C18H21NO2. The van der Waals surface area contributed by atoms with Crippen molar-refractivity contribution >= 4 is 5.91 Å². The highest BCUT2D eigenvalue weighted by Gasteiger charge is 2.09. The maximum Gasteiger partial charge on any atom is 0.220 e. The van der Waals surface area contributed by atoms with Gasteiger partial charge in [0.05, 0.1) is 13.2 Å². The average molecular weight is 283 g/mol. The van der Waals surface area contributed by atoms with E-state index >= 15 is 0 Å². The number of nitrogens with one attached hydrogen (secondary N) is 1. The van der Waals surface area contributed by atoms with E-state index in [0.29, 0.717) is 6.42 Å². The summed E-state index contributed by atoms with van der Waals surface area (Å²) in [4.78, 5) is 12.0. The molecule has 0 saturated heterocycles. The molecule has 110 valence electrons. The second-order valence-electron chi connectivity index (χ2n) is 5.05. The lowest BCUT2D eigenvalue weighted by atomic mass is 10.1. The summed E-state index contributed by atoms with van der Waals surface area (Å²) in [6, 6.07) is 17.8. The Labute approximate surface area is 126 Å². The molecule has 0 unspecified atom stereocenters. The number of amides is 1. The number of carbonyl (C=O) groups is 1. The molecule has 21 heavy (non-hydrogen) atoms. The summed E-state index contributed by atoms with van der Waals surface area (Å²) >= 11 is 0. The van der Waals surface area contributed by atoms with Gasteiger partial charge >= 0.3 is 0 Å². The highest BCUT2D eigenvalue weighted by Crippen LogP contribution is 2.14. The quantitative estimate of drug-likeness (QED) is 0.881. The molecular weight excluding hydrogens is 262 g/mol. The third kappa shape index (κ3) is 4.63.